The van der Waals surface area contributed by atoms with Gasteiger partial charge in [0.05, 0.1) is 11.6 Å². The van der Waals surface area contributed by atoms with Gasteiger partial charge in [-0.25, -0.2) is 8.78 Å². The Bertz CT molecular complexity index is 974. The van der Waals surface area contributed by atoms with Crippen molar-refractivity contribution in [3.05, 3.63) is 53.6 Å². The quantitative estimate of drug-likeness (QED) is 0.752. The number of carbonyl (C=O) groups excluding carboxylic acids is 1. The minimum atomic E-state index is -0.631. The highest BCUT2D eigenvalue weighted by Crippen LogP contribution is 2.36. The van der Waals surface area contributed by atoms with Gasteiger partial charge in [0.1, 0.15) is 23.5 Å². The van der Waals surface area contributed by atoms with E-state index in [1.165, 1.54) is 37.8 Å². The van der Waals surface area contributed by atoms with Crippen molar-refractivity contribution in [3.8, 4) is 16.9 Å². The molecule has 2 unspecified atom stereocenters. The second-order valence-electron chi connectivity index (χ2n) is 8.84. The molecular formula is C24H26F2N2O2. The Hall–Kier alpha value is -2.47. The summed E-state index contributed by atoms with van der Waals surface area (Å²) in [6, 6.07) is 8.60. The summed E-state index contributed by atoms with van der Waals surface area (Å²) in [5, 5.41) is 0. The third-order valence-corrected chi connectivity index (χ3v) is 6.85. The van der Waals surface area contributed by atoms with Gasteiger partial charge in [-0.15, -0.1) is 0 Å². The summed E-state index contributed by atoms with van der Waals surface area (Å²) in [4.78, 5) is 17.3. The van der Waals surface area contributed by atoms with E-state index >= 15 is 0 Å². The molecule has 2 aromatic carbocycles. The van der Waals surface area contributed by atoms with Crippen LogP contribution < -0.4 is 4.74 Å². The number of likely N-dealkylation sites (tertiary alicyclic amines) is 1. The van der Waals surface area contributed by atoms with Crippen molar-refractivity contribution >= 4 is 5.91 Å². The first-order valence-corrected chi connectivity index (χ1v) is 10.8. The second-order valence-corrected chi connectivity index (χ2v) is 8.84. The maximum atomic E-state index is 14.3. The monoisotopic (exact) mass is 412 g/mol. The van der Waals surface area contributed by atoms with Gasteiger partial charge in [-0.3, -0.25) is 9.69 Å². The van der Waals surface area contributed by atoms with Gasteiger partial charge >= 0.3 is 0 Å². The summed E-state index contributed by atoms with van der Waals surface area (Å²) in [5.41, 5.74) is 1.35. The molecule has 1 aliphatic carbocycles. The number of amides is 1. The summed E-state index contributed by atoms with van der Waals surface area (Å²) in [7, 11) is 1.84. The minimum Gasteiger partial charge on any atom is -0.486 e. The van der Waals surface area contributed by atoms with Gasteiger partial charge in [0, 0.05) is 38.3 Å². The van der Waals surface area contributed by atoms with Crippen molar-refractivity contribution in [1.82, 2.24) is 9.80 Å². The van der Waals surface area contributed by atoms with Gasteiger partial charge in [-0.1, -0.05) is 18.9 Å². The van der Waals surface area contributed by atoms with Crippen LogP contribution in [-0.2, 0) is 0 Å². The normalized spacial score (nSPS) is 24.5. The number of carbonyl (C=O) groups is 1. The number of likely N-dealkylation sites (N-methyl/N-ethyl adjacent to an activating group) is 1. The van der Waals surface area contributed by atoms with Crippen LogP contribution in [0.4, 0.5) is 8.78 Å². The molecule has 2 fully saturated rings. The maximum absolute atomic E-state index is 14.3. The van der Waals surface area contributed by atoms with Crippen LogP contribution in [0, 0.1) is 17.6 Å². The van der Waals surface area contributed by atoms with Crippen molar-refractivity contribution in [2.24, 2.45) is 5.92 Å². The van der Waals surface area contributed by atoms with Gasteiger partial charge in [0.25, 0.3) is 5.91 Å². The fourth-order valence-electron chi connectivity index (χ4n) is 5.22. The summed E-state index contributed by atoms with van der Waals surface area (Å²) in [6.45, 7) is 2.66. The Balaban J connectivity index is 1.43. The zero-order valence-corrected chi connectivity index (χ0v) is 17.1. The average molecular weight is 412 g/mol. The predicted octanol–water partition coefficient (Wildman–Crippen LogP) is 4.34. The minimum absolute atomic E-state index is 0.00249. The molecule has 4 nitrogen and oxygen atoms in total. The smallest absolute Gasteiger partial charge is 0.257 e. The van der Waals surface area contributed by atoms with E-state index in [-0.39, 0.29) is 18.1 Å². The Morgan fingerprint density at radius 1 is 1.03 bits per heavy atom. The lowest BCUT2D eigenvalue weighted by atomic mass is 10.0. The van der Waals surface area contributed by atoms with E-state index in [2.05, 4.69) is 4.90 Å². The first-order valence-electron chi connectivity index (χ1n) is 10.8. The van der Waals surface area contributed by atoms with Crippen LogP contribution >= 0.6 is 0 Å². The van der Waals surface area contributed by atoms with Crippen LogP contribution in [0.15, 0.2) is 36.4 Å². The molecule has 2 aromatic rings. The molecule has 0 bridgehead atoms. The van der Waals surface area contributed by atoms with E-state index in [1.807, 2.05) is 7.05 Å². The summed E-state index contributed by atoms with van der Waals surface area (Å²) in [6.07, 6.45) is 5.09. The zero-order chi connectivity index (χ0) is 20.8. The Morgan fingerprint density at radius 2 is 1.80 bits per heavy atom. The topological polar surface area (TPSA) is 32.8 Å². The average Bonchev–Trinajstić information content (AvgIpc) is 3.35. The van der Waals surface area contributed by atoms with E-state index in [9.17, 15) is 13.6 Å². The Labute approximate surface area is 175 Å². The van der Waals surface area contributed by atoms with Crippen molar-refractivity contribution in [2.45, 2.75) is 37.8 Å². The SMILES string of the molecule is CN1C(=O)c2ccc(-c3ccc(F)cc3F)cc2OC2CN(CC3CCCC3)CC21. The number of hydrogen-bond acceptors (Lipinski definition) is 3. The molecule has 158 valence electrons. The Kier molecular flexibility index (Phi) is 4.97. The lowest BCUT2D eigenvalue weighted by Crippen LogP contribution is -2.44. The van der Waals surface area contributed by atoms with Crippen molar-refractivity contribution in [2.75, 3.05) is 26.7 Å². The first kappa shape index (κ1) is 19.5. The number of benzene rings is 2. The first-order chi connectivity index (χ1) is 14.5. The van der Waals surface area contributed by atoms with E-state index in [4.69, 9.17) is 4.74 Å². The van der Waals surface area contributed by atoms with E-state index < -0.39 is 11.6 Å². The summed E-state index contributed by atoms with van der Waals surface area (Å²) < 4.78 is 33.9. The molecule has 1 amide bonds. The third-order valence-electron chi connectivity index (χ3n) is 6.85. The molecule has 2 heterocycles. The summed E-state index contributed by atoms with van der Waals surface area (Å²) >= 11 is 0. The largest absolute Gasteiger partial charge is 0.486 e. The molecule has 0 N–H and O–H groups in total. The van der Waals surface area contributed by atoms with Crippen LogP contribution in [0.25, 0.3) is 11.1 Å². The molecule has 0 radical (unpaired) electrons. The van der Waals surface area contributed by atoms with E-state index in [0.717, 1.165) is 31.6 Å². The number of nitrogens with zero attached hydrogens (tertiary/aromatic N) is 2. The van der Waals surface area contributed by atoms with Gasteiger partial charge in [0.2, 0.25) is 0 Å². The van der Waals surface area contributed by atoms with Crippen LogP contribution in [-0.4, -0.2) is 54.5 Å². The van der Waals surface area contributed by atoms with Gasteiger partial charge < -0.3 is 9.64 Å². The lowest BCUT2D eigenvalue weighted by molar-refractivity contribution is 0.0682. The fraction of sp³-hybridized carbons (Fsp3) is 0.458. The number of rotatable bonds is 3. The van der Waals surface area contributed by atoms with Crippen LogP contribution in [0.3, 0.4) is 0 Å². The molecular weight excluding hydrogens is 386 g/mol. The Morgan fingerprint density at radius 3 is 2.57 bits per heavy atom. The highest BCUT2D eigenvalue weighted by Gasteiger charge is 2.42. The second kappa shape index (κ2) is 7.65. The highest BCUT2D eigenvalue weighted by atomic mass is 19.1. The number of fused-ring (bicyclic) bond motifs is 2. The molecule has 2 aliphatic heterocycles. The summed E-state index contributed by atoms with van der Waals surface area (Å²) in [5.74, 6) is -0.105. The highest BCUT2D eigenvalue weighted by molar-refractivity contribution is 5.98. The standard InChI is InChI=1S/C24H26F2N2O2/c1-27-21-13-28(12-15-4-2-3-5-15)14-23(21)30-22-10-16(6-8-19(22)24(27)29)18-9-7-17(25)11-20(18)26/h6-11,15,21,23H,2-5,12-14H2,1H3. The fourth-order valence-corrected chi connectivity index (χ4v) is 5.22. The number of halogens is 2. The molecule has 5 rings (SSSR count). The molecule has 2 atom stereocenters. The van der Waals surface area contributed by atoms with Crippen molar-refractivity contribution in [1.29, 1.82) is 0 Å². The molecule has 0 aromatic heterocycles. The van der Waals surface area contributed by atoms with E-state index in [0.29, 0.717) is 22.4 Å². The van der Waals surface area contributed by atoms with Crippen LogP contribution in [0.5, 0.6) is 5.75 Å². The third kappa shape index (κ3) is 3.47. The van der Waals surface area contributed by atoms with Crippen molar-refractivity contribution in [3.63, 3.8) is 0 Å². The molecule has 1 saturated heterocycles. The molecule has 6 heteroatoms. The molecule has 1 saturated carbocycles. The van der Waals surface area contributed by atoms with Gasteiger partial charge in [-0.2, -0.15) is 0 Å². The van der Waals surface area contributed by atoms with Crippen LogP contribution in [0.2, 0.25) is 0 Å². The molecule has 0 spiro atoms. The predicted molar refractivity (Wildman–Crippen MR) is 110 cm³/mol. The number of hydrogen-bond donors (Lipinski definition) is 0. The van der Waals surface area contributed by atoms with Gasteiger partial charge in [-0.05, 0) is 48.6 Å². The zero-order valence-electron chi connectivity index (χ0n) is 17.1. The maximum Gasteiger partial charge on any atom is 0.257 e. The van der Waals surface area contributed by atoms with Crippen molar-refractivity contribution < 1.29 is 18.3 Å². The lowest BCUT2D eigenvalue weighted by Gasteiger charge is -2.25. The van der Waals surface area contributed by atoms with Gasteiger partial charge in [0.15, 0.2) is 0 Å². The molecule has 3 aliphatic rings. The number of ether oxygens (including phenoxy) is 1. The van der Waals surface area contributed by atoms with E-state index in [1.54, 1.807) is 23.1 Å². The van der Waals surface area contributed by atoms with Crippen LogP contribution in [0.1, 0.15) is 36.0 Å². The molecule has 30 heavy (non-hydrogen) atoms.